The molecule has 1 spiro atoms. The first kappa shape index (κ1) is 32.8. The molecule has 3 heteroatoms. The normalized spacial score (nSPS) is 14.7. The lowest BCUT2D eigenvalue weighted by Crippen LogP contribution is -2.27. The molecule has 0 saturated heterocycles. The largest absolute Gasteiger partial charge is 0.449 e. The van der Waals surface area contributed by atoms with Crippen molar-refractivity contribution in [3.8, 4) is 56.4 Å². The van der Waals surface area contributed by atoms with Crippen molar-refractivity contribution in [2.24, 2.45) is 0 Å². The Morgan fingerprint density at radius 3 is 1.57 bits per heavy atom. The number of nitrogens with zero attached hydrogens (tertiary/aromatic N) is 1. The van der Waals surface area contributed by atoms with Crippen molar-refractivity contribution in [3.05, 3.63) is 234 Å². The van der Waals surface area contributed by atoms with Crippen molar-refractivity contribution in [1.29, 1.82) is 0 Å². The predicted molar refractivity (Wildman–Crippen MR) is 235 cm³/mol. The van der Waals surface area contributed by atoms with Crippen LogP contribution in [0.4, 0.5) is 11.4 Å². The summed E-state index contributed by atoms with van der Waals surface area (Å²) in [6, 6.07) is 67.3. The Balaban J connectivity index is 1.05. The highest BCUT2D eigenvalue weighted by Crippen LogP contribution is 2.67. The van der Waals surface area contributed by atoms with Crippen LogP contribution >= 0.6 is 0 Å². The van der Waals surface area contributed by atoms with Gasteiger partial charge in [-0.15, -0.1) is 0 Å². The van der Waals surface area contributed by atoms with E-state index in [0.29, 0.717) is 17.2 Å². The van der Waals surface area contributed by atoms with Crippen LogP contribution in [0.1, 0.15) is 40.7 Å². The zero-order valence-electron chi connectivity index (χ0n) is 31.7. The summed E-state index contributed by atoms with van der Waals surface area (Å²) >= 11 is 0. The topological polar surface area (TPSA) is 21.7 Å². The molecule has 0 aromatic heterocycles. The average Bonchev–Trinajstić information content (AvgIpc) is 3.77. The fourth-order valence-corrected chi connectivity index (χ4v) is 10.1. The third kappa shape index (κ3) is 4.68. The Labute approximate surface area is 338 Å². The van der Waals surface area contributed by atoms with Crippen LogP contribution in [0.3, 0.4) is 0 Å². The number of rotatable bonds is 5. The molecule has 0 bridgehead atoms. The van der Waals surface area contributed by atoms with Gasteiger partial charge in [-0.2, -0.15) is 0 Å². The minimum absolute atomic E-state index is 0.556. The van der Waals surface area contributed by atoms with Crippen LogP contribution in [0.15, 0.2) is 206 Å². The van der Waals surface area contributed by atoms with Crippen molar-refractivity contribution in [3.63, 3.8) is 0 Å². The number of hydrogen-bond donors (Lipinski definition) is 0. The Morgan fingerprint density at radius 1 is 0.379 bits per heavy atom. The Kier molecular flexibility index (Phi) is 7.27. The summed E-state index contributed by atoms with van der Waals surface area (Å²) in [6.45, 7) is 0. The molecule has 0 N–H and O–H groups in total. The summed E-state index contributed by atoms with van der Waals surface area (Å²) in [5.41, 5.74) is 17.4. The molecule has 3 aliphatic carbocycles. The van der Waals surface area contributed by atoms with E-state index in [1.165, 1.54) is 55.8 Å². The molecule has 0 fully saturated rings. The second-order valence-electron chi connectivity index (χ2n) is 15.4. The Bertz CT molecular complexity index is 2950. The standard InChI is InChI=1S/C55H37NO2/c1-3-16-36(17-4-1)37-30-32-39(33-31-37)56(48-27-14-10-20-40(48)38-18-5-2-6-19-38)49-28-15-29-50-53(49)57-51-35-34-44-43-23-9-13-26-47(43)55(52(44)54(51)58-50)45-24-11-7-21-41(45)42-22-8-12-25-46(42)55/h1-30,32,34-35H,31,33H2. The molecule has 12 rings (SSSR count). The summed E-state index contributed by atoms with van der Waals surface area (Å²) in [4.78, 5) is 2.39. The van der Waals surface area contributed by atoms with Gasteiger partial charge in [0, 0.05) is 16.8 Å². The monoisotopic (exact) mass is 743 g/mol. The van der Waals surface area contributed by atoms with Crippen molar-refractivity contribution >= 4 is 16.9 Å². The van der Waals surface area contributed by atoms with E-state index in [0.717, 1.165) is 46.7 Å². The third-order valence-electron chi connectivity index (χ3n) is 12.5. The van der Waals surface area contributed by atoms with Gasteiger partial charge in [-0.3, -0.25) is 0 Å². The van der Waals surface area contributed by atoms with Crippen molar-refractivity contribution in [2.75, 3.05) is 4.90 Å². The minimum atomic E-state index is -0.556. The summed E-state index contributed by atoms with van der Waals surface area (Å²) < 4.78 is 14.5. The molecular weight excluding hydrogens is 707 g/mol. The smallest absolute Gasteiger partial charge is 0.194 e. The Morgan fingerprint density at radius 2 is 0.914 bits per heavy atom. The van der Waals surface area contributed by atoms with Gasteiger partial charge in [-0.1, -0.05) is 170 Å². The molecule has 3 nitrogen and oxygen atoms in total. The van der Waals surface area contributed by atoms with Crippen molar-refractivity contribution in [2.45, 2.75) is 18.3 Å². The number of benzene rings is 8. The fourth-order valence-electron chi connectivity index (χ4n) is 10.1. The molecule has 58 heavy (non-hydrogen) atoms. The van der Waals surface area contributed by atoms with Crippen LogP contribution < -0.4 is 14.4 Å². The number of hydrogen-bond acceptors (Lipinski definition) is 3. The highest BCUT2D eigenvalue weighted by molar-refractivity contribution is 5.97. The maximum absolute atomic E-state index is 7.29. The number of allylic oxidation sites excluding steroid dienone is 4. The Hall–Kier alpha value is -7.36. The van der Waals surface area contributed by atoms with Gasteiger partial charge in [0.15, 0.2) is 23.0 Å². The van der Waals surface area contributed by atoms with E-state index < -0.39 is 5.41 Å². The first-order chi connectivity index (χ1) is 28.8. The van der Waals surface area contributed by atoms with E-state index in [1.54, 1.807) is 0 Å². The average molecular weight is 744 g/mol. The van der Waals surface area contributed by atoms with Gasteiger partial charge in [0.2, 0.25) is 0 Å². The molecule has 0 saturated carbocycles. The van der Waals surface area contributed by atoms with E-state index in [4.69, 9.17) is 9.47 Å². The SMILES string of the molecule is C1=C(c2ccccc2)CCC(N(c2ccccc2-c2ccccc2)c2cccc3c2Oc2ccc4c(c2O3)C2(c3ccccc3-c3ccccc32)c2ccccc2-4)=C1. The van der Waals surface area contributed by atoms with Gasteiger partial charge in [0.1, 0.15) is 0 Å². The maximum Gasteiger partial charge on any atom is 0.194 e. The van der Waals surface area contributed by atoms with Crippen LogP contribution in [0.5, 0.6) is 23.0 Å². The molecular formula is C55H37NO2. The van der Waals surface area contributed by atoms with Crippen LogP contribution in [0.25, 0.3) is 39.0 Å². The van der Waals surface area contributed by atoms with Crippen LogP contribution in [-0.4, -0.2) is 0 Å². The molecule has 0 radical (unpaired) electrons. The second-order valence-corrected chi connectivity index (χ2v) is 15.4. The summed E-state index contributed by atoms with van der Waals surface area (Å²) in [6.07, 6.45) is 6.35. The summed E-state index contributed by atoms with van der Waals surface area (Å²) in [7, 11) is 0. The van der Waals surface area contributed by atoms with Gasteiger partial charge < -0.3 is 14.4 Å². The molecule has 8 aromatic carbocycles. The van der Waals surface area contributed by atoms with E-state index in [1.807, 2.05) is 0 Å². The fraction of sp³-hybridized carbons (Fsp3) is 0.0545. The molecule has 1 heterocycles. The van der Waals surface area contributed by atoms with Gasteiger partial charge in [0.05, 0.1) is 16.8 Å². The molecule has 0 amide bonds. The van der Waals surface area contributed by atoms with E-state index >= 15 is 0 Å². The molecule has 1 aliphatic heterocycles. The number of anilines is 2. The summed E-state index contributed by atoms with van der Waals surface area (Å²) in [5, 5.41) is 0. The lowest BCUT2D eigenvalue weighted by molar-refractivity contribution is 0.355. The van der Waals surface area contributed by atoms with Crippen molar-refractivity contribution < 1.29 is 9.47 Å². The number of para-hydroxylation sites is 2. The predicted octanol–water partition coefficient (Wildman–Crippen LogP) is 14.5. The van der Waals surface area contributed by atoms with Gasteiger partial charge >= 0.3 is 0 Å². The molecule has 0 unspecified atom stereocenters. The molecule has 0 atom stereocenters. The summed E-state index contributed by atoms with van der Waals surface area (Å²) in [5.74, 6) is 2.89. The zero-order valence-corrected chi connectivity index (χ0v) is 31.7. The van der Waals surface area contributed by atoms with Crippen LogP contribution in [-0.2, 0) is 5.41 Å². The van der Waals surface area contributed by atoms with E-state index in [2.05, 4.69) is 205 Å². The lowest BCUT2D eigenvalue weighted by Gasteiger charge is -2.36. The quantitative estimate of drug-likeness (QED) is 0.175. The number of fused-ring (bicyclic) bond motifs is 13. The van der Waals surface area contributed by atoms with E-state index in [9.17, 15) is 0 Å². The van der Waals surface area contributed by atoms with Gasteiger partial charge in [-0.25, -0.2) is 0 Å². The highest BCUT2D eigenvalue weighted by Gasteiger charge is 2.54. The molecule has 4 aliphatic rings. The highest BCUT2D eigenvalue weighted by atomic mass is 16.6. The van der Waals surface area contributed by atoms with Gasteiger partial charge in [0.25, 0.3) is 0 Å². The van der Waals surface area contributed by atoms with Crippen LogP contribution in [0, 0.1) is 0 Å². The van der Waals surface area contributed by atoms with E-state index in [-0.39, 0.29) is 0 Å². The van der Waals surface area contributed by atoms with Gasteiger partial charge in [-0.05, 0) is 98.8 Å². The van der Waals surface area contributed by atoms with Crippen molar-refractivity contribution in [1.82, 2.24) is 0 Å². The lowest BCUT2D eigenvalue weighted by atomic mass is 9.70. The third-order valence-corrected chi connectivity index (χ3v) is 12.5. The molecule has 8 aromatic rings. The maximum atomic E-state index is 7.29. The zero-order chi connectivity index (χ0) is 38.2. The first-order valence-corrected chi connectivity index (χ1v) is 20.1. The minimum Gasteiger partial charge on any atom is -0.449 e. The molecule has 274 valence electrons. The van der Waals surface area contributed by atoms with Crippen LogP contribution in [0.2, 0.25) is 0 Å². The number of ether oxygens (including phenoxy) is 2. The first-order valence-electron chi connectivity index (χ1n) is 20.1. The second kappa shape index (κ2) is 12.8.